The first-order valence-electron chi connectivity index (χ1n) is 12.0. The Morgan fingerprint density at radius 3 is 1.65 bits per heavy atom. The van der Waals surface area contributed by atoms with Crippen molar-refractivity contribution in [3.63, 3.8) is 0 Å². The maximum absolute atomic E-state index is 15.0. The van der Waals surface area contributed by atoms with Crippen molar-refractivity contribution in [1.82, 2.24) is 9.80 Å². The Morgan fingerprint density at radius 1 is 0.892 bits per heavy atom. The molecule has 2 heterocycles. The van der Waals surface area contributed by atoms with Crippen molar-refractivity contribution in [1.29, 1.82) is 0 Å². The number of rotatable bonds is 8. The van der Waals surface area contributed by atoms with E-state index < -0.39 is 66.6 Å². The highest BCUT2D eigenvalue weighted by Gasteiger charge is 2.63. The summed E-state index contributed by atoms with van der Waals surface area (Å²) in [6, 6.07) is 5.20. The topological polar surface area (TPSA) is 113 Å². The van der Waals surface area contributed by atoms with E-state index in [0.29, 0.717) is 9.80 Å². The second kappa shape index (κ2) is 10.7. The molecule has 2 aliphatic heterocycles. The van der Waals surface area contributed by atoms with Crippen molar-refractivity contribution in [3.05, 3.63) is 35.9 Å². The zero-order valence-electron chi connectivity index (χ0n) is 21.0. The van der Waals surface area contributed by atoms with Crippen molar-refractivity contribution in [3.8, 4) is 0 Å². The number of alkyl halides is 3. The zero-order chi connectivity index (χ0) is 27.7. The van der Waals surface area contributed by atoms with E-state index in [1.807, 2.05) is 0 Å². The number of benzene rings is 1. The monoisotopic (exact) mass is 528 g/mol. The number of halogens is 3. The van der Waals surface area contributed by atoms with E-state index in [1.54, 1.807) is 27.7 Å². The summed E-state index contributed by atoms with van der Waals surface area (Å²) < 4.78 is 54.8. The van der Waals surface area contributed by atoms with Gasteiger partial charge in [-0.15, -0.1) is 0 Å². The van der Waals surface area contributed by atoms with Gasteiger partial charge in [0.05, 0.1) is 18.2 Å². The number of nitrogens with zero attached hydrogens (tertiary/aromatic N) is 2. The van der Waals surface area contributed by atoms with Gasteiger partial charge in [-0.2, -0.15) is 13.2 Å². The molecule has 1 unspecified atom stereocenters. The van der Waals surface area contributed by atoms with E-state index in [1.165, 1.54) is 30.3 Å². The van der Waals surface area contributed by atoms with Gasteiger partial charge in [0.15, 0.2) is 0 Å². The van der Waals surface area contributed by atoms with Crippen molar-refractivity contribution in [2.75, 3.05) is 13.2 Å². The van der Waals surface area contributed by atoms with E-state index >= 15 is 0 Å². The quantitative estimate of drug-likeness (QED) is 0.542. The summed E-state index contributed by atoms with van der Waals surface area (Å²) in [7, 11) is 0. The Balaban J connectivity index is 2.08. The van der Waals surface area contributed by atoms with Crippen LogP contribution in [0.15, 0.2) is 30.3 Å². The van der Waals surface area contributed by atoms with Crippen molar-refractivity contribution >= 4 is 24.0 Å². The molecule has 37 heavy (non-hydrogen) atoms. The number of amides is 4. The molecule has 2 saturated heterocycles. The van der Waals surface area contributed by atoms with E-state index in [2.05, 4.69) is 0 Å². The van der Waals surface area contributed by atoms with Crippen molar-refractivity contribution in [2.45, 2.75) is 64.9 Å². The number of imide groups is 2. The fraction of sp³-hybridized carbons (Fsp3) is 0.600. The lowest BCUT2D eigenvalue weighted by Gasteiger charge is -2.40. The zero-order valence-corrected chi connectivity index (χ0v) is 21.0. The van der Waals surface area contributed by atoms with Gasteiger partial charge in [0.25, 0.3) is 0 Å². The molecule has 0 saturated carbocycles. The van der Waals surface area contributed by atoms with Crippen LogP contribution in [0.25, 0.3) is 0 Å². The van der Waals surface area contributed by atoms with Gasteiger partial charge in [0.2, 0.25) is 11.8 Å². The van der Waals surface area contributed by atoms with Crippen molar-refractivity contribution in [2.24, 2.45) is 17.3 Å². The molecule has 2 aliphatic rings. The molecule has 2 fully saturated rings. The Kier molecular flexibility index (Phi) is 8.21. The molecule has 204 valence electrons. The highest BCUT2D eigenvalue weighted by Crippen LogP contribution is 2.53. The van der Waals surface area contributed by atoms with E-state index in [0.717, 1.165) is 0 Å². The number of carbonyl (C=O) groups is 4. The Labute approximate surface area is 212 Å². The van der Waals surface area contributed by atoms with E-state index in [9.17, 15) is 37.5 Å². The van der Waals surface area contributed by atoms with Gasteiger partial charge in [-0.1, -0.05) is 58.0 Å². The minimum Gasteiger partial charge on any atom is -0.447 e. The number of hydrogen-bond donors (Lipinski definition) is 1. The summed E-state index contributed by atoms with van der Waals surface area (Å²) in [5, 5.41) is 11.1. The summed E-state index contributed by atoms with van der Waals surface area (Å²) in [5.41, 5.74) is -3.55. The standard InChI is InChI=1S/C25H31F3N2O7/c1-14(2)17-12-36-22(34)29(17)19(31)10-24(25(26,27)28,21(33)16-8-6-5-7-9-16)11-20(32)30-18(15(3)4)13-37-23(30)35/h5-9,14-15,17-18,21,33H,10-13H2,1-4H3/t17-,18-,21?/m1/s1. The van der Waals surface area contributed by atoms with Crippen LogP contribution in [0.3, 0.4) is 0 Å². The fourth-order valence-electron chi connectivity index (χ4n) is 4.70. The van der Waals surface area contributed by atoms with Crippen LogP contribution in [0.1, 0.15) is 52.2 Å². The van der Waals surface area contributed by atoms with Gasteiger partial charge < -0.3 is 14.6 Å². The molecular weight excluding hydrogens is 497 g/mol. The molecule has 4 amide bonds. The second-order valence-electron chi connectivity index (χ2n) is 10.1. The normalized spacial score (nSPS) is 21.5. The van der Waals surface area contributed by atoms with E-state index in [-0.39, 0.29) is 30.6 Å². The molecule has 3 rings (SSSR count). The highest BCUT2D eigenvalue weighted by atomic mass is 19.4. The lowest BCUT2D eigenvalue weighted by molar-refractivity contribution is -0.261. The van der Waals surface area contributed by atoms with Crippen LogP contribution in [0.5, 0.6) is 0 Å². The second-order valence-corrected chi connectivity index (χ2v) is 10.1. The molecule has 0 bridgehead atoms. The molecule has 0 aliphatic carbocycles. The molecule has 12 heteroatoms. The Bertz CT molecular complexity index is 979. The molecule has 9 nitrogen and oxygen atoms in total. The summed E-state index contributed by atoms with van der Waals surface area (Å²) in [6.07, 6.45) is -12.7. The summed E-state index contributed by atoms with van der Waals surface area (Å²) in [4.78, 5) is 52.5. The van der Waals surface area contributed by atoms with Gasteiger partial charge in [-0.3, -0.25) is 9.59 Å². The van der Waals surface area contributed by atoms with Gasteiger partial charge in [-0.05, 0) is 17.4 Å². The van der Waals surface area contributed by atoms with Crippen LogP contribution in [0, 0.1) is 17.3 Å². The number of aliphatic hydroxyl groups excluding tert-OH is 1. The van der Waals surface area contributed by atoms with Gasteiger partial charge >= 0.3 is 18.4 Å². The molecule has 1 N–H and O–H groups in total. The molecule has 1 aromatic rings. The van der Waals surface area contributed by atoms with Crippen LogP contribution in [-0.4, -0.2) is 70.4 Å². The Morgan fingerprint density at radius 2 is 1.30 bits per heavy atom. The van der Waals surface area contributed by atoms with Crippen LogP contribution in [-0.2, 0) is 19.1 Å². The molecule has 0 aromatic heterocycles. The van der Waals surface area contributed by atoms with E-state index in [4.69, 9.17) is 9.47 Å². The van der Waals surface area contributed by atoms with Crippen molar-refractivity contribution < 1.29 is 46.9 Å². The SMILES string of the molecule is CC(C)[C@H]1COC(=O)N1C(=O)CC(CC(=O)N1C(=O)OC[C@@H]1C(C)C)(C(O)c1ccccc1)C(F)(F)F. The number of carbonyl (C=O) groups excluding carboxylic acids is 4. The Hall–Kier alpha value is -3.15. The number of hydrogen-bond acceptors (Lipinski definition) is 7. The average molecular weight is 529 g/mol. The molecule has 0 radical (unpaired) electrons. The van der Waals surface area contributed by atoms with Gasteiger partial charge in [0, 0.05) is 12.8 Å². The first-order chi connectivity index (χ1) is 17.2. The molecule has 1 aromatic carbocycles. The summed E-state index contributed by atoms with van der Waals surface area (Å²) >= 11 is 0. The lowest BCUT2D eigenvalue weighted by atomic mass is 9.71. The maximum Gasteiger partial charge on any atom is 0.416 e. The first kappa shape index (κ1) is 28.4. The smallest absolute Gasteiger partial charge is 0.416 e. The number of aliphatic hydroxyl groups is 1. The number of cyclic esters (lactones) is 2. The predicted octanol–water partition coefficient (Wildman–Crippen LogP) is 4.06. The highest BCUT2D eigenvalue weighted by molar-refractivity contribution is 5.96. The third-order valence-corrected chi connectivity index (χ3v) is 7.02. The van der Waals surface area contributed by atoms with Crippen LogP contribution < -0.4 is 0 Å². The average Bonchev–Trinajstić information content (AvgIpc) is 3.40. The van der Waals surface area contributed by atoms with Crippen LogP contribution in [0.4, 0.5) is 22.8 Å². The predicted molar refractivity (Wildman–Crippen MR) is 123 cm³/mol. The first-order valence-corrected chi connectivity index (χ1v) is 12.0. The molecule has 0 spiro atoms. The van der Waals surface area contributed by atoms with Crippen LogP contribution in [0.2, 0.25) is 0 Å². The van der Waals surface area contributed by atoms with Gasteiger partial charge in [0.1, 0.15) is 18.6 Å². The minimum absolute atomic E-state index is 0.183. The maximum atomic E-state index is 15.0. The minimum atomic E-state index is -5.30. The third kappa shape index (κ3) is 5.43. The number of ether oxygens (including phenoxy) is 2. The molecular formula is C25H31F3N2O7. The van der Waals surface area contributed by atoms with Crippen LogP contribution >= 0.6 is 0 Å². The molecule has 3 atom stereocenters. The largest absolute Gasteiger partial charge is 0.447 e. The van der Waals surface area contributed by atoms with Gasteiger partial charge in [-0.25, -0.2) is 19.4 Å². The third-order valence-electron chi connectivity index (χ3n) is 7.02. The summed E-state index contributed by atoms with van der Waals surface area (Å²) in [5.74, 6) is -3.12. The fourth-order valence-corrected chi connectivity index (χ4v) is 4.70. The lowest BCUT2D eigenvalue weighted by Crippen LogP contribution is -2.53. The summed E-state index contributed by atoms with van der Waals surface area (Å²) in [6.45, 7) is 6.34.